The summed E-state index contributed by atoms with van der Waals surface area (Å²) in [5.41, 5.74) is -1.85. The lowest BCUT2D eigenvalue weighted by Crippen LogP contribution is -2.60. The Kier molecular flexibility index (Phi) is 6.80. The number of nitrogens with zero attached hydrogens (tertiary/aromatic N) is 1. The Morgan fingerprint density at radius 2 is 1.91 bits per heavy atom. The molecule has 3 heterocycles. The highest BCUT2D eigenvalue weighted by molar-refractivity contribution is 5.98. The van der Waals surface area contributed by atoms with Crippen LogP contribution in [0, 0.1) is 17.8 Å². The van der Waals surface area contributed by atoms with Crippen molar-refractivity contribution in [3.63, 3.8) is 0 Å². The highest BCUT2D eigenvalue weighted by atomic mass is 16.6. The van der Waals surface area contributed by atoms with Crippen LogP contribution in [-0.2, 0) is 23.9 Å². The molecule has 6 atom stereocenters. The lowest BCUT2D eigenvalue weighted by Gasteiger charge is -2.39. The lowest BCUT2D eigenvalue weighted by atomic mass is 9.65. The van der Waals surface area contributed by atoms with Gasteiger partial charge >= 0.3 is 5.97 Å². The van der Waals surface area contributed by atoms with Crippen LogP contribution in [0.5, 0.6) is 0 Å². The number of carbonyl (C=O) groups is 3. The van der Waals surface area contributed by atoms with Crippen molar-refractivity contribution in [3.8, 4) is 0 Å². The van der Waals surface area contributed by atoms with E-state index in [4.69, 9.17) is 9.47 Å². The van der Waals surface area contributed by atoms with Crippen molar-refractivity contribution < 1.29 is 29.0 Å². The second-order valence-electron chi connectivity index (χ2n) is 10.7. The van der Waals surface area contributed by atoms with Crippen LogP contribution in [0.2, 0.25) is 0 Å². The zero-order chi connectivity index (χ0) is 24.0. The Balaban J connectivity index is 1.76. The second-order valence-corrected chi connectivity index (χ2v) is 10.7. The molecule has 0 aromatic rings. The number of aliphatic hydroxyl groups excluding tert-OH is 1. The van der Waals surface area contributed by atoms with E-state index in [1.807, 2.05) is 20.8 Å². The van der Waals surface area contributed by atoms with E-state index in [2.05, 4.69) is 5.32 Å². The summed E-state index contributed by atoms with van der Waals surface area (Å²) < 4.78 is 12.1. The van der Waals surface area contributed by atoms with Gasteiger partial charge < -0.3 is 24.8 Å². The average Bonchev–Trinajstić information content (AvgIpc) is 3.39. The molecule has 2 unspecified atom stereocenters. The Hall–Kier alpha value is -1.67. The number of likely N-dealkylation sites (tertiary alicyclic amines) is 1. The van der Waals surface area contributed by atoms with Crippen molar-refractivity contribution in [2.75, 3.05) is 13.2 Å². The summed E-state index contributed by atoms with van der Waals surface area (Å²) in [6.45, 7) is 7.57. The Bertz CT molecular complexity index is 781. The molecule has 2 N–H and O–H groups in total. The van der Waals surface area contributed by atoms with E-state index in [0.717, 1.165) is 25.7 Å². The molecule has 3 aliphatic heterocycles. The summed E-state index contributed by atoms with van der Waals surface area (Å²) in [6.07, 6.45) is 6.94. The summed E-state index contributed by atoms with van der Waals surface area (Å²) in [4.78, 5) is 42.6. The maximum absolute atomic E-state index is 14.0. The van der Waals surface area contributed by atoms with Crippen LogP contribution in [0.15, 0.2) is 0 Å². The number of carbonyl (C=O) groups excluding carboxylic acids is 3. The number of aliphatic hydroxyl groups is 1. The Morgan fingerprint density at radius 1 is 1.21 bits per heavy atom. The van der Waals surface area contributed by atoms with E-state index < -0.39 is 41.1 Å². The van der Waals surface area contributed by atoms with Gasteiger partial charge in [-0.25, -0.2) is 0 Å². The van der Waals surface area contributed by atoms with Crippen molar-refractivity contribution in [2.45, 2.75) is 108 Å². The summed E-state index contributed by atoms with van der Waals surface area (Å²) in [6, 6.07) is -1.29. The summed E-state index contributed by atoms with van der Waals surface area (Å²) in [5, 5.41) is 13.4. The van der Waals surface area contributed by atoms with Gasteiger partial charge in [-0.15, -0.1) is 0 Å². The molecule has 3 saturated heterocycles. The highest BCUT2D eigenvalue weighted by Crippen LogP contribution is 2.64. The largest absolute Gasteiger partial charge is 0.466 e. The van der Waals surface area contributed by atoms with Gasteiger partial charge in [-0.2, -0.15) is 0 Å². The number of esters is 1. The van der Waals surface area contributed by atoms with E-state index in [-0.39, 0.29) is 37.0 Å². The zero-order valence-corrected chi connectivity index (χ0v) is 20.5. The van der Waals surface area contributed by atoms with Crippen molar-refractivity contribution in [3.05, 3.63) is 0 Å². The van der Waals surface area contributed by atoms with Crippen LogP contribution in [-0.4, -0.2) is 70.3 Å². The summed E-state index contributed by atoms with van der Waals surface area (Å²) >= 11 is 0. The predicted octanol–water partition coefficient (Wildman–Crippen LogP) is 2.17. The molecule has 2 amide bonds. The molecule has 8 nitrogen and oxygen atoms in total. The molecule has 8 heteroatoms. The lowest BCUT2D eigenvalue weighted by molar-refractivity contribution is -0.162. The molecule has 1 spiro atoms. The smallest absolute Gasteiger partial charge is 0.312 e. The van der Waals surface area contributed by atoms with E-state index in [9.17, 15) is 19.5 Å². The number of ether oxygens (including phenoxy) is 2. The fraction of sp³-hybridized carbons (Fsp3) is 0.880. The maximum Gasteiger partial charge on any atom is 0.312 e. The zero-order valence-electron chi connectivity index (χ0n) is 20.5. The van der Waals surface area contributed by atoms with Gasteiger partial charge in [0.2, 0.25) is 11.8 Å². The van der Waals surface area contributed by atoms with Gasteiger partial charge in [-0.3, -0.25) is 14.4 Å². The highest BCUT2D eigenvalue weighted by Gasteiger charge is 2.79. The van der Waals surface area contributed by atoms with Crippen LogP contribution < -0.4 is 5.32 Å². The minimum atomic E-state index is -1.06. The predicted molar refractivity (Wildman–Crippen MR) is 121 cm³/mol. The van der Waals surface area contributed by atoms with Crippen LogP contribution in [0.4, 0.5) is 0 Å². The molecule has 4 fully saturated rings. The molecule has 33 heavy (non-hydrogen) atoms. The van der Waals surface area contributed by atoms with Crippen LogP contribution in [0.25, 0.3) is 0 Å². The minimum Gasteiger partial charge on any atom is -0.466 e. The number of amides is 2. The molecule has 186 valence electrons. The molecule has 1 aliphatic carbocycles. The molecule has 2 bridgehead atoms. The van der Waals surface area contributed by atoms with Crippen molar-refractivity contribution >= 4 is 17.8 Å². The molecular formula is C25H40N2O6. The van der Waals surface area contributed by atoms with Gasteiger partial charge in [-0.1, -0.05) is 40.0 Å². The quantitative estimate of drug-likeness (QED) is 0.534. The first-order valence-electron chi connectivity index (χ1n) is 12.9. The molecule has 1 saturated carbocycles. The van der Waals surface area contributed by atoms with Gasteiger partial charge in [0.25, 0.3) is 0 Å². The normalized spacial score (nSPS) is 36.8. The minimum absolute atomic E-state index is 0.0578. The summed E-state index contributed by atoms with van der Waals surface area (Å²) in [7, 11) is 0. The number of rotatable bonds is 8. The SMILES string of the molecule is CCOC(=O)[C@H]1[C@H]2C(=O)N([C@@H](CO)C(C)C)C(C(=O)NC3CCCCC3)C23CC[C@]1(CC)O3. The van der Waals surface area contributed by atoms with E-state index in [1.165, 1.54) is 6.42 Å². The Labute approximate surface area is 196 Å². The summed E-state index contributed by atoms with van der Waals surface area (Å²) in [5.74, 6) is -2.45. The monoisotopic (exact) mass is 464 g/mol. The number of fused-ring (bicyclic) bond motifs is 1. The topological polar surface area (TPSA) is 105 Å². The first-order valence-corrected chi connectivity index (χ1v) is 12.9. The average molecular weight is 465 g/mol. The van der Waals surface area contributed by atoms with Crippen LogP contribution in [0.1, 0.15) is 79.1 Å². The fourth-order valence-electron chi connectivity index (χ4n) is 7.05. The Morgan fingerprint density at radius 3 is 2.48 bits per heavy atom. The van der Waals surface area contributed by atoms with Gasteiger partial charge in [0.05, 0.1) is 30.8 Å². The first-order chi connectivity index (χ1) is 15.8. The molecule has 0 aromatic carbocycles. The van der Waals surface area contributed by atoms with E-state index in [1.54, 1.807) is 11.8 Å². The molecular weight excluding hydrogens is 424 g/mol. The number of nitrogens with one attached hydrogen (secondary N) is 1. The van der Waals surface area contributed by atoms with Gasteiger partial charge in [0.1, 0.15) is 17.6 Å². The van der Waals surface area contributed by atoms with Gasteiger partial charge in [0, 0.05) is 6.04 Å². The van der Waals surface area contributed by atoms with Crippen molar-refractivity contribution in [1.29, 1.82) is 0 Å². The number of hydrogen-bond acceptors (Lipinski definition) is 6. The molecule has 0 aromatic heterocycles. The van der Waals surface area contributed by atoms with Crippen LogP contribution >= 0.6 is 0 Å². The third-order valence-corrected chi connectivity index (χ3v) is 8.67. The van der Waals surface area contributed by atoms with Crippen LogP contribution in [0.3, 0.4) is 0 Å². The standard InChI is InChI=1S/C25H40N2O6/c1-5-24-12-13-25(33-24)18(19(24)23(31)32-6-2)22(30)27(17(14-28)15(3)4)20(25)21(29)26-16-10-8-7-9-11-16/h15-20,28H,5-14H2,1-4H3,(H,26,29)/t17-,18-,19+,20?,24-,25?/m0/s1. The van der Waals surface area contributed by atoms with Gasteiger partial charge in [0.15, 0.2) is 0 Å². The third kappa shape index (κ3) is 3.68. The van der Waals surface area contributed by atoms with E-state index >= 15 is 0 Å². The molecule has 0 radical (unpaired) electrons. The van der Waals surface area contributed by atoms with E-state index in [0.29, 0.717) is 19.3 Å². The maximum atomic E-state index is 14.0. The van der Waals surface area contributed by atoms with Crippen molar-refractivity contribution in [1.82, 2.24) is 10.2 Å². The van der Waals surface area contributed by atoms with Crippen molar-refractivity contribution in [2.24, 2.45) is 17.8 Å². The molecule has 4 aliphatic rings. The number of hydrogen-bond donors (Lipinski definition) is 2. The second kappa shape index (κ2) is 9.17. The fourth-order valence-corrected chi connectivity index (χ4v) is 7.05. The molecule has 4 rings (SSSR count). The first kappa shape index (κ1) is 24.5. The third-order valence-electron chi connectivity index (χ3n) is 8.67. The van der Waals surface area contributed by atoms with Gasteiger partial charge in [-0.05, 0) is 44.9 Å².